The molecule has 0 amide bonds. The summed E-state index contributed by atoms with van der Waals surface area (Å²) in [5, 5.41) is 5.69. The highest BCUT2D eigenvalue weighted by Gasteiger charge is 2.17. The Balaban J connectivity index is 1.89. The molecule has 1 aromatic carbocycles. The van der Waals surface area contributed by atoms with Crippen LogP contribution in [0.15, 0.2) is 24.4 Å². The smallest absolute Gasteiger partial charge is 0.0482 e. The molecule has 1 fully saturated rings. The molecule has 0 radical (unpaired) electrons. The Labute approximate surface area is 107 Å². The van der Waals surface area contributed by atoms with Crippen molar-refractivity contribution < 1.29 is 0 Å². The zero-order valence-corrected chi connectivity index (χ0v) is 10.8. The highest BCUT2D eigenvalue weighted by atomic mass is 35.5. The molecule has 1 aliphatic rings. The first-order chi connectivity index (χ1) is 8.24. The van der Waals surface area contributed by atoms with E-state index in [0.717, 1.165) is 17.6 Å². The number of benzene rings is 1. The maximum Gasteiger partial charge on any atom is 0.0482 e. The van der Waals surface area contributed by atoms with Gasteiger partial charge < -0.3 is 9.88 Å². The largest absolute Gasteiger partial charge is 0.350 e. The van der Waals surface area contributed by atoms with E-state index in [0.29, 0.717) is 0 Å². The van der Waals surface area contributed by atoms with Crippen LogP contribution < -0.4 is 5.32 Å². The summed E-state index contributed by atoms with van der Waals surface area (Å²) in [4.78, 5) is 0. The number of aromatic nitrogens is 1. The van der Waals surface area contributed by atoms with Crippen molar-refractivity contribution in [1.82, 2.24) is 9.88 Å². The van der Waals surface area contributed by atoms with E-state index in [1.807, 2.05) is 6.07 Å². The van der Waals surface area contributed by atoms with Crippen molar-refractivity contribution >= 4 is 22.5 Å². The Kier molecular flexibility index (Phi) is 2.85. The number of nitrogens with zero attached hydrogens (tertiary/aromatic N) is 1. The summed E-state index contributed by atoms with van der Waals surface area (Å²) in [5.41, 5.74) is 2.59. The number of aryl methyl sites for hydroxylation is 1. The van der Waals surface area contributed by atoms with Crippen LogP contribution in [0.2, 0.25) is 5.02 Å². The SMILES string of the molecule is Cn1cc(CNC2CCC2)c2cc(Cl)ccc21. The highest BCUT2D eigenvalue weighted by Crippen LogP contribution is 2.25. The van der Waals surface area contributed by atoms with Gasteiger partial charge in [-0.2, -0.15) is 0 Å². The Morgan fingerprint density at radius 3 is 2.94 bits per heavy atom. The van der Waals surface area contributed by atoms with Crippen LogP contribution in [-0.4, -0.2) is 10.6 Å². The molecule has 1 heterocycles. The van der Waals surface area contributed by atoms with Gasteiger partial charge >= 0.3 is 0 Å². The van der Waals surface area contributed by atoms with Crippen molar-refractivity contribution in [1.29, 1.82) is 0 Å². The van der Waals surface area contributed by atoms with Gasteiger partial charge in [-0.05, 0) is 36.6 Å². The molecular weight excluding hydrogens is 232 g/mol. The second kappa shape index (κ2) is 4.35. The summed E-state index contributed by atoms with van der Waals surface area (Å²) >= 11 is 6.07. The third kappa shape index (κ3) is 2.07. The topological polar surface area (TPSA) is 17.0 Å². The first-order valence-corrected chi connectivity index (χ1v) is 6.58. The fourth-order valence-electron chi connectivity index (χ4n) is 2.45. The number of fused-ring (bicyclic) bond motifs is 1. The van der Waals surface area contributed by atoms with Crippen molar-refractivity contribution in [3.05, 3.63) is 35.0 Å². The van der Waals surface area contributed by atoms with E-state index in [1.54, 1.807) is 0 Å². The summed E-state index contributed by atoms with van der Waals surface area (Å²) in [6, 6.07) is 6.83. The highest BCUT2D eigenvalue weighted by molar-refractivity contribution is 6.31. The summed E-state index contributed by atoms with van der Waals surface area (Å²) in [6.07, 6.45) is 6.22. The van der Waals surface area contributed by atoms with Crippen LogP contribution >= 0.6 is 11.6 Å². The molecule has 1 saturated carbocycles. The minimum absolute atomic E-state index is 0.726. The summed E-state index contributed by atoms with van der Waals surface area (Å²) in [5.74, 6) is 0. The van der Waals surface area contributed by atoms with Crippen LogP contribution in [0.5, 0.6) is 0 Å². The van der Waals surface area contributed by atoms with Crippen LogP contribution in [-0.2, 0) is 13.6 Å². The van der Waals surface area contributed by atoms with Gasteiger partial charge in [-0.3, -0.25) is 0 Å². The van der Waals surface area contributed by atoms with Crippen LogP contribution in [0.25, 0.3) is 10.9 Å². The fourth-order valence-corrected chi connectivity index (χ4v) is 2.63. The average molecular weight is 249 g/mol. The Morgan fingerprint density at radius 1 is 1.41 bits per heavy atom. The lowest BCUT2D eigenvalue weighted by Gasteiger charge is -2.26. The normalized spacial score (nSPS) is 16.4. The van der Waals surface area contributed by atoms with E-state index in [9.17, 15) is 0 Å². The molecule has 0 aliphatic heterocycles. The van der Waals surface area contributed by atoms with E-state index in [1.165, 1.54) is 35.7 Å². The van der Waals surface area contributed by atoms with Gasteiger partial charge in [0, 0.05) is 41.8 Å². The van der Waals surface area contributed by atoms with Crippen molar-refractivity contribution in [2.24, 2.45) is 7.05 Å². The van der Waals surface area contributed by atoms with E-state index in [2.05, 4.69) is 35.3 Å². The second-order valence-electron chi connectivity index (χ2n) is 4.94. The quantitative estimate of drug-likeness (QED) is 0.880. The molecule has 0 saturated heterocycles. The van der Waals surface area contributed by atoms with Crippen LogP contribution in [0.3, 0.4) is 0 Å². The minimum Gasteiger partial charge on any atom is -0.350 e. The van der Waals surface area contributed by atoms with E-state index < -0.39 is 0 Å². The predicted octanol–water partition coefficient (Wildman–Crippen LogP) is 3.47. The molecule has 1 aliphatic carbocycles. The van der Waals surface area contributed by atoms with Gasteiger partial charge in [-0.15, -0.1) is 0 Å². The Bertz CT molecular complexity index is 540. The molecule has 17 heavy (non-hydrogen) atoms. The number of nitrogens with one attached hydrogen (secondary N) is 1. The Hall–Kier alpha value is -0.990. The summed E-state index contributed by atoms with van der Waals surface area (Å²) in [7, 11) is 2.09. The zero-order chi connectivity index (χ0) is 11.8. The van der Waals surface area contributed by atoms with Gasteiger partial charge in [0.2, 0.25) is 0 Å². The van der Waals surface area contributed by atoms with Gasteiger partial charge in [0.05, 0.1) is 0 Å². The van der Waals surface area contributed by atoms with Crippen LogP contribution in [0.4, 0.5) is 0 Å². The fraction of sp³-hybridized carbons (Fsp3) is 0.429. The summed E-state index contributed by atoms with van der Waals surface area (Å²) < 4.78 is 2.17. The number of hydrogen-bond donors (Lipinski definition) is 1. The summed E-state index contributed by atoms with van der Waals surface area (Å²) in [6.45, 7) is 0.947. The molecule has 3 heteroatoms. The lowest BCUT2D eigenvalue weighted by atomic mass is 9.93. The lowest BCUT2D eigenvalue weighted by molar-refractivity contribution is 0.338. The molecule has 0 unspecified atom stereocenters. The van der Waals surface area contributed by atoms with Gasteiger partial charge in [0.25, 0.3) is 0 Å². The molecule has 90 valence electrons. The maximum absolute atomic E-state index is 6.07. The van der Waals surface area contributed by atoms with Gasteiger partial charge in [-0.1, -0.05) is 18.0 Å². The predicted molar refractivity (Wildman–Crippen MR) is 72.4 cm³/mol. The molecular formula is C14H17ClN2. The first kappa shape index (κ1) is 11.1. The second-order valence-corrected chi connectivity index (χ2v) is 5.37. The first-order valence-electron chi connectivity index (χ1n) is 6.21. The molecule has 0 bridgehead atoms. The monoisotopic (exact) mass is 248 g/mol. The lowest BCUT2D eigenvalue weighted by Crippen LogP contribution is -2.34. The minimum atomic E-state index is 0.726. The van der Waals surface area contributed by atoms with Gasteiger partial charge in [0.1, 0.15) is 0 Å². The van der Waals surface area contributed by atoms with Gasteiger partial charge in [0.15, 0.2) is 0 Å². The molecule has 3 rings (SSSR count). The van der Waals surface area contributed by atoms with E-state index >= 15 is 0 Å². The number of rotatable bonds is 3. The molecule has 0 atom stereocenters. The average Bonchev–Trinajstić information content (AvgIpc) is 2.53. The third-order valence-electron chi connectivity index (χ3n) is 3.72. The Morgan fingerprint density at radius 2 is 2.24 bits per heavy atom. The molecule has 1 N–H and O–H groups in total. The zero-order valence-electron chi connectivity index (χ0n) is 10.0. The molecule has 0 spiro atoms. The molecule has 2 aromatic rings. The third-order valence-corrected chi connectivity index (χ3v) is 3.96. The van der Waals surface area contributed by atoms with Crippen molar-refractivity contribution in [3.63, 3.8) is 0 Å². The van der Waals surface area contributed by atoms with Crippen molar-refractivity contribution in [2.75, 3.05) is 0 Å². The standard InChI is InChI=1S/C14H17ClN2/c1-17-9-10(8-16-12-3-2-4-12)13-7-11(15)5-6-14(13)17/h5-7,9,12,16H,2-4,8H2,1H3. The molecule has 2 nitrogen and oxygen atoms in total. The van der Waals surface area contributed by atoms with Crippen molar-refractivity contribution in [2.45, 2.75) is 31.8 Å². The van der Waals surface area contributed by atoms with E-state index in [4.69, 9.17) is 11.6 Å². The number of halogens is 1. The van der Waals surface area contributed by atoms with Crippen LogP contribution in [0.1, 0.15) is 24.8 Å². The van der Waals surface area contributed by atoms with E-state index in [-0.39, 0.29) is 0 Å². The van der Waals surface area contributed by atoms with Crippen LogP contribution in [0, 0.1) is 0 Å². The van der Waals surface area contributed by atoms with Crippen molar-refractivity contribution in [3.8, 4) is 0 Å². The van der Waals surface area contributed by atoms with Gasteiger partial charge in [-0.25, -0.2) is 0 Å². The molecule has 1 aromatic heterocycles. The number of hydrogen-bond acceptors (Lipinski definition) is 1. The maximum atomic E-state index is 6.07.